The normalized spacial score (nSPS) is 14.2. The molecule has 13 aromatic rings. The lowest BCUT2D eigenvalue weighted by Gasteiger charge is -2.33. The van der Waals surface area contributed by atoms with E-state index in [1.165, 1.54) is 109 Å². The molecule has 2 aliphatic carbocycles. The van der Waals surface area contributed by atoms with Crippen LogP contribution in [0.4, 0.5) is 28.4 Å². The third kappa shape index (κ3) is 7.41. The van der Waals surface area contributed by atoms with E-state index in [4.69, 9.17) is 0 Å². The second kappa shape index (κ2) is 18.0. The van der Waals surface area contributed by atoms with Crippen LogP contribution in [-0.2, 0) is 0 Å². The highest BCUT2D eigenvalue weighted by Crippen LogP contribution is 2.51. The van der Waals surface area contributed by atoms with E-state index in [1.807, 2.05) is 0 Å². The van der Waals surface area contributed by atoms with Gasteiger partial charge in [-0.15, -0.1) is 0 Å². The van der Waals surface area contributed by atoms with Crippen molar-refractivity contribution in [2.45, 2.75) is 6.42 Å². The van der Waals surface area contributed by atoms with Crippen LogP contribution in [0.2, 0.25) is 0 Å². The maximum atomic E-state index is 2.52. The molecule has 0 amide bonds. The molecule has 0 radical (unpaired) electrons. The smallest absolute Gasteiger partial charge is 0.0468 e. The number of hydrogen-bond donors (Lipinski definition) is 0. The van der Waals surface area contributed by atoms with Gasteiger partial charge in [0.25, 0.3) is 0 Å². The highest BCUT2D eigenvalue weighted by Gasteiger charge is 2.27. The molecule has 2 nitrogen and oxygen atoms in total. The van der Waals surface area contributed by atoms with Gasteiger partial charge in [0.15, 0.2) is 0 Å². The summed E-state index contributed by atoms with van der Waals surface area (Å²) < 4.78 is 0. The second-order valence-corrected chi connectivity index (χ2v) is 20.4. The second-order valence-electron chi connectivity index (χ2n) is 20.4. The number of rotatable bonds is 8. The van der Waals surface area contributed by atoms with Crippen LogP contribution in [0, 0.1) is 5.92 Å². The zero-order chi connectivity index (χ0) is 50.1. The predicted octanol–water partition coefficient (Wildman–Crippen LogP) is 20.7. The van der Waals surface area contributed by atoms with Gasteiger partial charge in [-0.2, -0.15) is 0 Å². The molecule has 0 fully saturated rings. The molecular formula is C74H50N2. The van der Waals surface area contributed by atoms with Crippen LogP contribution < -0.4 is 9.80 Å². The Labute approximate surface area is 442 Å². The number of hydrogen-bond acceptors (Lipinski definition) is 2. The topological polar surface area (TPSA) is 6.48 Å². The zero-order valence-corrected chi connectivity index (χ0v) is 41.8. The first-order valence-corrected chi connectivity index (χ1v) is 26.5. The number of benzene rings is 13. The molecule has 2 aliphatic rings. The Hall–Kier alpha value is -9.76. The summed E-state index contributed by atoms with van der Waals surface area (Å²) in [6, 6.07) is 92.7. The van der Waals surface area contributed by atoms with E-state index in [9.17, 15) is 0 Å². The van der Waals surface area contributed by atoms with Gasteiger partial charge >= 0.3 is 0 Å². The van der Waals surface area contributed by atoms with Gasteiger partial charge in [0, 0.05) is 40.1 Å². The predicted molar refractivity (Wildman–Crippen MR) is 326 cm³/mol. The summed E-state index contributed by atoms with van der Waals surface area (Å²) >= 11 is 0. The van der Waals surface area contributed by atoms with Gasteiger partial charge in [0.1, 0.15) is 0 Å². The number of anilines is 5. The van der Waals surface area contributed by atoms with Gasteiger partial charge in [0.2, 0.25) is 0 Å². The fourth-order valence-electron chi connectivity index (χ4n) is 12.4. The molecule has 0 unspecified atom stereocenters. The summed E-state index contributed by atoms with van der Waals surface area (Å²) in [6.07, 6.45) is 14.5. The number of allylic oxidation sites excluding steroid dienone is 8. The molecule has 15 rings (SSSR count). The van der Waals surface area contributed by atoms with Gasteiger partial charge in [-0.25, -0.2) is 0 Å². The van der Waals surface area contributed by atoms with Crippen molar-refractivity contribution in [2.24, 2.45) is 5.92 Å². The minimum absolute atomic E-state index is 0.305. The van der Waals surface area contributed by atoms with Crippen molar-refractivity contribution in [3.8, 4) is 22.3 Å². The maximum absolute atomic E-state index is 2.52. The molecule has 1 atom stereocenters. The Balaban J connectivity index is 1.05. The Kier molecular flexibility index (Phi) is 10.4. The third-order valence-corrected chi connectivity index (χ3v) is 16.0. The minimum Gasteiger partial charge on any atom is -0.314 e. The lowest BCUT2D eigenvalue weighted by molar-refractivity contribution is 0.732. The highest BCUT2D eigenvalue weighted by molar-refractivity contribution is 6.26. The van der Waals surface area contributed by atoms with Crippen LogP contribution in [0.5, 0.6) is 0 Å². The average Bonchev–Trinajstić information content (AvgIpc) is 3.48. The van der Waals surface area contributed by atoms with Crippen molar-refractivity contribution >= 4 is 104 Å². The summed E-state index contributed by atoms with van der Waals surface area (Å²) in [5.74, 6) is 0.305. The SMILES string of the molecule is C1=CC2=CC=C(N(c3ccc4ccccc4c3)c3ccc4c(-c5cccc6ccccc56)c5cc(N(c6ccc7ccccc7c6)c6ccc7ccccc7c6)ccc5c(-c5cccc6ccccc56)c4c3)C[C@@H]2C=C1. The van der Waals surface area contributed by atoms with E-state index in [0.717, 1.165) is 34.9 Å². The maximum Gasteiger partial charge on any atom is 0.0468 e. The molecule has 0 aliphatic heterocycles. The summed E-state index contributed by atoms with van der Waals surface area (Å²) in [5.41, 5.74) is 13.0. The highest BCUT2D eigenvalue weighted by atomic mass is 15.2. The van der Waals surface area contributed by atoms with Gasteiger partial charge in [-0.3, -0.25) is 0 Å². The van der Waals surface area contributed by atoms with E-state index < -0.39 is 0 Å². The fraction of sp³-hybridized carbons (Fsp3) is 0.0270. The van der Waals surface area contributed by atoms with Crippen LogP contribution in [0.15, 0.2) is 296 Å². The molecule has 0 N–H and O–H groups in total. The van der Waals surface area contributed by atoms with Crippen LogP contribution in [0.1, 0.15) is 6.42 Å². The Morgan fingerprint density at radius 3 is 1.21 bits per heavy atom. The molecular weight excluding hydrogens is 917 g/mol. The fourth-order valence-corrected chi connectivity index (χ4v) is 12.4. The zero-order valence-electron chi connectivity index (χ0n) is 41.8. The van der Waals surface area contributed by atoms with Gasteiger partial charge in [0.05, 0.1) is 0 Å². The van der Waals surface area contributed by atoms with Crippen LogP contribution >= 0.6 is 0 Å². The largest absolute Gasteiger partial charge is 0.314 e. The molecule has 0 saturated carbocycles. The first-order valence-electron chi connectivity index (χ1n) is 26.5. The van der Waals surface area contributed by atoms with E-state index in [2.05, 4.69) is 295 Å². The molecule has 76 heavy (non-hydrogen) atoms. The Morgan fingerprint density at radius 2 is 0.697 bits per heavy atom. The van der Waals surface area contributed by atoms with Crippen molar-refractivity contribution in [3.05, 3.63) is 296 Å². The number of nitrogens with zero attached hydrogens (tertiary/aromatic N) is 2. The van der Waals surface area contributed by atoms with E-state index >= 15 is 0 Å². The summed E-state index contributed by atoms with van der Waals surface area (Å²) in [5, 5.41) is 17.0. The standard InChI is InChI=1S/C74H50N2/c1-5-21-55-43-59(35-31-49(55)15-1)75(60-36-32-50-16-2-6-22-56(50)44-60)63-39-41-69-71(47-63)73(67-29-13-25-53-19-9-11-27-65(53)67)70-42-40-64(48-72(70)74(69)68-30-14-26-54-20-10-12-28-66(54)68)76(61-37-33-51-17-3-7-23-57(51)45-61)62-38-34-52-18-4-8-24-58(52)46-62/h1-45,47-48,58H,46H2/t58-/m0/s1. The lowest BCUT2D eigenvalue weighted by Crippen LogP contribution is -2.21. The first kappa shape index (κ1) is 43.8. The van der Waals surface area contributed by atoms with Crippen molar-refractivity contribution in [1.29, 1.82) is 0 Å². The van der Waals surface area contributed by atoms with Crippen molar-refractivity contribution in [3.63, 3.8) is 0 Å². The summed E-state index contributed by atoms with van der Waals surface area (Å²) in [4.78, 5) is 4.97. The molecule has 0 heterocycles. The molecule has 356 valence electrons. The summed E-state index contributed by atoms with van der Waals surface area (Å²) in [6.45, 7) is 0. The molecule has 13 aromatic carbocycles. The van der Waals surface area contributed by atoms with Crippen molar-refractivity contribution < 1.29 is 0 Å². The number of fused-ring (bicyclic) bond motifs is 8. The Morgan fingerprint density at radius 1 is 0.289 bits per heavy atom. The van der Waals surface area contributed by atoms with E-state index in [0.29, 0.717) is 5.92 Å². The average molecular weight is 967 g/mol. The molecule has 0 saturated heterocycles. The Bertz CT molecular complexity index is 4560. The molecule has 2 heteroatoms. The van der Waals surface area contributed by atoms with E-state index in [1.54, 1.807) is 0 Å². The van der Waals surface area contributed by atoms with Crippen LogP contribution in [0.25, 0.3) is 97.7 Å². The van der Waals surface area contributed by atoms with E-state index in [-0.39, 0.29) is 0 Å². The molecule has 0 bridgehead atoms. The monoisotopic (exact) mass is 966 g/mol. The first-order chi connectivity index (χ1) is 37.7. The van der Waals surface area contributed by atoms with Gasteiger partial charge in [-0.05, 0) is 176 Å². The van der Waals surface area contributed by atoms with Gasteiger partial charge < -0.3 is 9.80 Å². The van der Waals surface area contributed by atoms with Gasteiger partial charge in [-0.1, -0.05) is 218 Å². The van der Waals surface area contributed by atoms with Crippen molar-refractivity contribution in [2.75, 3.05) is 9.80 Å². The van der Waals surface area contributed by atoms with Crippen LogP contribution in [-0.4, -0.2) is 0 Å². The molecule has 0 aromatic heterocycles. The minimum atomic E-state index is 0.305. The molecule has 0 spiro atoms. The lowest BCUT2D eigenvalue weighted by atomic mass is 9.83. The summed E-state index contributed by atoms with van der Waals surface area (Å²) in [7, 11) is 0. The van der Waals surface area contributed by atoms with Crippen molar-refractivity contribution in [1.82, 2.24) is 0 Å². The van der Waals surface area contributed by atoms with Crippen LogP contribution in [0.3, 0.4) is 0 Å². The quantitative estimate of drug-likeness (QED) is 0.140. The third-order valence-electron chi connectivity index (χ3n) is 16.0.